The zero-order valence-electron chi connectivity index (χ0n) is 17.7. The molecule has 8 heteroatoms. The minimum absolute atomic E-state index is 0.127. The standard InChI is InChI=1S/C25H19FN2O5/c1-2-27-21-12-20(19(26)11-22(21)33-14-23(27)29)28-24(30)17-9-8-16(10-18(17)25(28)31)32-13-15-6-4-3-5-7-15/h3-12H,2,13-14H2,1H3. The first-order valence-corrected chi connectivity index (χ1v) is 10.4. The van der Waals surface area contributed by atoms with Crippen molar-refractivity contribution in [3.05, 3.63) is 83.2 Å². The van der Waals surface area contributed by atoms with Crippen molar-refractivity contribution in [2.75, 3.05) is 23.0 Å². The maximum atomic E-state index is 15.0. The molecule has 0 aliphatic carbocycles. The lowest BCUT2D eigenvalue weighted by molar-refractivity contribution is -0.121. The molecule has 0 saturated heterocycles. The van der Waals surface area contributed by atoms with Crippen molar-refractivity contribution in [1.82, 2.24) is 0 Å². The Labute approximate surface area is 188 Å². The number of hydrogen-bond acceptors (Lipinski definition) is 5. The maximum Gasteiger partial charge on any atom is 0.266 e. The number of rotatable bonds is 5. The molecule has 0 saturated carbocycles. The van der Waals surface area contributed by atoms with Crippen molar-refractivity contribution in [1.29, 1.82) is 0 Å². The van der Waals surface area contributed by atoms with E-state index in [1.807, 2.05) is 30.3 Å². The van der Waals surface area contributed by atoms with Crippen LogP contribution in [0.25, 0.3) is 0 Å². The second-order valence-corrected chi connectivity index (χ2v) is 7.63. The van der Waals surface area contributed by atoms with Crippen LogP contribution in [0, 0.1) is 5.82 Å². The van der Waals surface area contributed by atoms with Crippen LogP contribution >= 0.6 is 0 Å². The summed E-state index contributed by atoms with van der Waals surface area (Å²) >= 11 is 0. The second-order valence-electron chi connectivity index (χ2n) is 7.63. The summed E-state index contributed by atoms with van der Waals surface area (Å²) in [5.41, 5.74) is 1.32. The molecule has 3 aromatic carbocycles. The van der Waals surface area contributed by atoms with Gasteiger partial charge in [-0.2, -0.15) is 0 Å². The molecule has 0 N–H and O–H groups in total. The normalized spacial score (nSPS) is 14.8. The van der Waals surface area contributed by atoms with Crippen molar-refractivity contribution in [3.8, 4) is 11.5 Å². The average Bonchev–Trinajstić information content (AvgIpc) is 3.07. The van der Waals surface area contributed by atoms with Crippen molar-refractivity contribution in [2.24, 2.45) is 0 Å². The Morgan fingerprint density at radius 1 is 0.939 bits per heavy atom. The van der Waals surface area contributed by atoms with Crippen LogP contribution in [0.4, 0.5) is 15.8 Å². The molecule has 3 aromatic rings. The number of amides is 3. The first-order valence-electron chi connectivity index (χ1n) is 10.4. The van der Waals surface area contributed by atoms with Crippen LogP contribution in [0.3, 0.4) is 0 Å². The summed E-state index contributed by atoms with van der Waals surface area (Å²) in [6.45, 7) is 2.21. The molecular weight excluding hydrogens is 427 g/mol. The molecule has 7 nitrogen and oxygen atoms in total. The van der Waals surface area contributed by atoms with E-state index < -0.39 is 17.6 Å². The third kappa shape index (κ3) is 3.49. The number of fused-ring (bicyclic) bond motifs is 2. The smallest absolute Gasteiger partial charge is 0.266 e. The summed E-state index contributed by atoms with van der Waals surface area (Å²) in [5, 5.41) is 0. The molecule has 0 atom stereocenters. The molecule has 33 heavy (non-hydrogen) atoms. The third-order valence-corrected chi connectivity index (χ3v) is 5.63. The van der Waals surface area contributed by atoms with Crippen LogP contribution in [0.5, 0.6) is 11.5 Å². The lowest BCUT2D eigenvalue weighted by atomic mass is 10.1. The highest BCUT2D eigenvalue weighted by Gasteiger charge is 2.39. The van der Waals surface area contributed by atoms with E-state index >= 15 is 0 Å². The molecule has 0 aromatic heterocycles. The molecule has 3 amide bonds. The molecule has 0 unspecified atom stereocenters. The van der Waals surface area contributed by atoms with Crippen molar-refractivity contribution in [2.45, 2.75) is 13.5 Å². The van der Waals surface area contributed by atoms with Crippen LogP contribution in [0.1, 0.15) is 33.2 Å². The van der Waals surface area contributed by atoms with E-state index in [1.54, 1.807) is 13.0 Å². The number of imide groups is 1. The summed E-state index contributed by atoms with van der Waals surface area (Å²) in [5.74, 6) is -1.78. The van der Waals surface area contributed by atoms with E-state index in [4.69, 9.17) is 9.47 Å². The molecule has 2 heterocycles. The lowest BCUT2D eigenvalue weighted by Gasteiger charge is -2.29. The van der Waals surface area contributed by atoms with Gasteiger partial charge in [0.05, 0.1) is 22.5 Å². The fraction of sp³-hybridized carbons (Fsp3) is 0.160. The number of benzene rings is 3. The van der Waals surface area contributed by atoms with Gasteiger partial charge in [-0.1, -0.05) is 30.3 Å². The molecule has 2 aliphatic rings. The van der Waals surface area contributed by atoms with Crippen molar-refractivity contribution in [3.63, 3.8) is 0 Å². The second kappa shape index (κ2) is 8.05. The largest absolute Gasteiger partial charge is 0.489 e. The van der Waals surface area contributed by atoms with Crippen molar-refractivity contribution < 1.29 is 28.2 Å². The Bertz CT molecular complexity index is 1290. The predicted molar refractivity (Wildman–Crippen MR) is 118 cm³/mol. The van der Waals surface area contributed by atoms with Crippen LogP contribution in [0.2, 0.25) is 0 Å². The molecule has 166 valence electrons. The highest BCUT2D eigenvalue weighted by molar-refractivity contribution is 6.34. The topological polar surface area (TPSA) is 76.2 Å². The highest BCUT2D eigenvalue weighted by Crippen LogP contribution is 2.40. The minimum atomic E-state index is -0.797. The van der Waals surface area contributed by atoms with Crippen LogP contribution < -0.4 is 19.3 Å². The van der Waals surface area contributed by atoms with Crippen LogP contribution in [-0.4, -0.2) is 30.9 Å². The zero-order chi connectivity index (χ0) is 23.1. The summed E-state index contributed by atoms with van der Waals surface area (Å²) in [7, 11) is 0. The molecule has 5 rings (SSSR count). The molecule has 0 radical (unpaired) electrons. The number of hydrogen-bond donors (Lipinski definition) is 0. The first kappa shape index (κ1) is 20.7. The van der Waals surface area contributed by atoms with Gasteiger partial charge < -0.3 is 14.4 Å². The van der Waals surface area contributed by atoms with Gasteiger partial charge in [0.15, 0.2) is 12.4 Å². The van der Waals surface area contributed by atoms with E-state index in [1.165, 1.54) is 23.1 Å². The van der Waals surface area contributed by atoms with Gasteiger partial charge in [0.2, 0.25) is 0 Å². The number of anilines is 2. The fourth-order valence-electron chi connectivity index (χ4n) is 4.00. The molecule has 2 aliphatic heterocycles. The Hall–Kier alpha value is -4.20. The monoisotopic (exact) mass is 446 g/mol. The van der Waals surface area contributed by atoms with Crippen molar-refractivity contribution >= 4 is 29.1 Å². The number of halogens is 1. The van der Waals surface area contributed by atoms with Gasteiger partial charge in [-0.15, -0.1) is 0 Å². The highest BCUT2D eigenvalue weighted by atomic mass is 19.1. The number of likely N-dealkylation sites (N-methyl/N-ethyl adjacent to an activating group) is 1. The van der Waals surface area contributed by atoms with E-state index in [9.17, 15) is 18.8 Å². The first-order chi connectivity index (χ1) is 16.0. The zero-order valence-corrected chi connectivity index (χ0v) is 17.7. The Balaban J connectivity index is 1.46. The quantitative estimate of drug-likeness (QED) is 0.555. The van der Waals surface area contributed by atoms with E-state index in [2.05, 4.69) is 0 Å². The SMILES string of the molecule is CCN1C(=O)COc2cc(F)c(N3C(=O)c4ccc(OCc5ccccc5)cc4C3=O)cc21. The van der Waals surface area contributed by atoms with Crippen LogP contribution in [-0.2, 0) is 11.4 Å². The van der Waals surface area contributed by atoms with Gasteiger partial charge in [0.1, 0.15) is 18.1 Å². The molecular formula is C25H19FN2O5. The minimum Gasteiger partial charge on any atom is -0.489 e. The van der Waals surface area contributed by atoms with Gasteiger partial charge in [0.25, 0.3) is 17.7 Å². The number of carbonyl (C=O) groups excluding carboxylic acids is 3. The summed E-state index contributed by atoms with van der Waals surface area (Å²) < 4.78 is 26.0. The molecule has 0 bridgehead atoms. The molecule has 0 fully saturated rings. The van der Waals surface area contributed by atoms with E-state index in [-0.39, 0.29) is 35.1 Å². The Morgan fingerprint density at radius 3 is 2.45 bits per heavy atom. The van der Waals surface area contributed by atoms with Gasteiger partial charge >= 0.3 is 0 Å². The van der Waals surface area contributed by atoms with Gasteiger partial charge in [-0.05, 0) is 36.8 Å². The Morgan fingerprint density at radius 2 is 1.70 bits per heavy atom. The number of carbonyl (C=O) groups is 3. The van der Waals surface area contributed by atoms with Gasteiger partial charge in [0, 0.05) is 12.6 Å². The fourth-order valence-corrected chi connectivity index (χ4v) is 4.00. The number of nitrogens with zero attached hydrogens (tertiary/aromatic N) is 2. The van der Waals surface area contributed by atoms with E-state index in [0.29, 0.717) is 24.6 Å². The van der Waals surface area contributed by atoms with Crippen LogP contribution in [0.15, 0.2) is 60.7 Å². The van der Waals surface area contributed by atoms with Gasteiger partial charge in [-0.25, -0.2) is 9.29 Å². The number of ether oxygens (including phenoxy) is 2. The summed E-state index contributed by atoms with van der Waals surface area (Å²) in [4.78, 5) is 40.5. The Kier molecular flexibility index (Phi) is 5.05. The van der Waals surface area contributed by atoms with E-state index in [0.717, 1.165) is 16.5 Å². The lowest BCUT2D eigenvalue weighted by Crippen LogP contribution is -2.39. The average molecular weight is 446 g/mol. The summed E-state index contributed by atoms with van der Waals surface area (Å²) in [6.07, 6.45) is 0. The van der Waals surface area contributed by atoms with Gasteiger partial charge in [-0.3, -0.25) is 14.4 Å². The molecule has 0 spiro atoms. The maximum absolute atomic E-state index is 15.0. The summed E-state index contributed by atoms with van der Waals surface area (Å²) in [6, 6.07) is 16.5. The third-order valence-electron chi connectivity index (χ3n) is 5.63. The predicted octanol–water partition coefficient (Wildman–Crippen LogP) is 3.95.